The second kappa shape index (κ2) is 5.54. The van der Waals surface area contributed by atoms with Crippen molar-refractivity contribution in [1.29, 1.82) is 0 Å². The van der Waals surface area contributed by atoms with E-state index in [1.165, 1.54) is 5.56 Å². The molecule has 2 heteroatoms. The van der Waals surface area contributed by atoms with Crippen molar-refractivity contribution in [2.24, 2.45) is 0 Å². The molecule has 1 aromatic rings. The van der Waals surface area contributed by atoms with Gasteiger partial charge in [0.1, 0.15) is 0 Å². The van der Waals surface area contributed by atoms with Crippen LogP contribution in [0.1, 0.15) is 25.8 Å². The first kappa shape index (κ1) is 11.8. The van der Waals surface area contributed by atoms with Crippen molar-refractivity contribution in [3.63, 3.8) is 0 Å². The molecule has 2 nitrogen and oxygen atoms in total. The molecule has 1 rings (SSSR count). The van der Waals surface area contributed by atoms with E-state index in [-0.39, 0.29) is 11.9 Å². The maximum Gasteiger partial charge on any atom is 0.222 e. The highest BCUT2D eigenvalue weighted by molar-refractivity contribution is 5.76. The minimum atomic E-state index is 0.217. The number of hydrogen-bond donors (Lipinski definition) is 0. The summed E-state index contributed by atoms with van der Waals surface area (Å²) in [5, 5.41) is 0. The van der Waals surface area contributed by atoms with Crippen LogP contribution in [0.2, 0.25) is 0 Å². The number of rotatable bonds is 4. The molecule has 0 aliphatic rings. The van der Waals surface area contributed by atoms with Gasteiger partial charge in [-0.2, -0.15) is 0 Å². The van der Waals surface area contributed by atoms with Gasteiger partial charge < -0.3 is 4.90 Å². The van der Waals surface area contributed by atoms with Crippen molar-refractivity contribution in [1.82, 2.24) is 4.90 Å². The number of hydrogen-bond acceptors (Lipinski definition) is 1. The third-order valence-corrected chi connectivity index (χ3v) is 2.64. The summed E-state index contributed by atoms with van der Waals surface area (Å²) >= 11 is 0. The van der Waals surface area contributed by atoms with Crippen LogP contribution in [0.25, 0.3) is 0 Å². The van der Waals surface area contributed by atoms with Crippen molar-refractivity contribution in [2.45, 2.75) is 32.7 Å². The summed E-state index contributed by atoms with van der Waals surface area (Å²) in [5.74, 6) is 0.217. The fourth-order valence-electron chi connectivity index (χ4n) is 1.36. The molecule has 0 heterocycles. The molecular formula is C13H19NO. The van der Waals surface area contributed by atoms with Crippen molar-refractivity contribution >= 4 is 5.91 Å². The lowest BCUT2D eigenvalue weighted by atomic mass is 10.1. The average molecular weight is 205 g/mol. The first-order chi connectivity index (χ1) is 7.11. The van der Waals surface area contributed by atoms with E-state index >= 15 is 0 Å². The van der Waals surface area contributed by atoms with E-state index < -0.39 is 0 Å². The standard InChI is InChI=1S/C13H19NO/c1-11(2)14(3)13(15)10-9-12-7-5-4-6-8-12/h4-8,11H,9-10H2,1-3H3. The van der Waals surface area contributed by atoms with Gasteiger partial charge in [0, 0.05) is 19.5 Å². The van der Waals surface area contributed by atoms with Gasteiger partial charge in [-0.05, 0) is 25.8 Å². The molecule has 0 radical (unpaired) electrons. The number of amides is 1. The summed E-state index contributed by atoms with van der Waals surface area (Å²) in [6.07, 6.45) is 1.43. The molecule has 1 aromatic carbocycles. The van der Waals surface area contributed by atoms with Gasteiger partial charge in [-0.25, -0.2) is 0 Å². The van der Waals surface area contributed by atoms with E-state index in [1.54, 1.807) is 4.90 Å². The molecule has 15 heavy (non-hydrogen) atoms. The lowest BCUT2D eigenvalue weighted by Crippen LogP contribution is -2.33. The lowest BCUT2D eigenvalue weighted by molar-refractivity contribution is -0.131. The van der Waals surface area contributed by atoms with Crippen LogP contribution in [-0.2, 0) is 11.2 Å². The van der Waals surface area contributed by atoms with Crippen LogP contribution in [0, 0.1) is 0 Å². The van der Waals surface area contributed by atoms with E-state index in [9.17, 15) is 4.79 Å². The van der Waals surface area contributed by atoms with Crippen molar-refractivity contribution in [3.05, 3.63) is 35.9 Å². The van der Waals surface area contributed by atoms with Crippen LogP contribution >= 0.6 is 0 Å². The Morgan fingerprint density at radius 2 is 1.87 bits per heavy atom. The zero-order chi connectivity index (χ0) is 11.3. The molecule has 0 aliphatic carbocycles. The molecule has 0 saturated heterocycles. The maximum atomic E-state index is 11.7. The minimum Gasteiger partial charge on any atom is -0.343 e. The molecule has 1 amide bonds. The molecule has 0 aromatic heterocycles. The number of benzene rings is 1. The Balaban J connectivity index is 2.41. The monoisotopic (exact) mass is 205 g/mol. The Morgan fingerprint density at radius 3 is 2.40 bits per heavy atom. The molecule has 0 fully saturated rings. The van der Waals surface area contributed by atoms with Crippen LogP contribution < -0.4 is 0 Å². The summed E-state index contributed by atoms with van der Waals surface area (Å²) in [5.41, 5.74) is 1.23. The third-order valence-electron chi connectivity index (χ3n) is 2.64. The van der Waals surface area contributed by atoms with Crippen LogP contribution in [0.5, 0.6) is 0 Å². The SMILES string of the molecule is CC(C)N(C)C(=O)CCc1ccccc1. The van der Waals surface area contributed by atoms with Crippen LogP contribution in [0.15, 0.2) is 30.3 Å². The second-order valence-corrected chi connectivity index (χ2v) is 4.08. The number of nitrogens with zero attached hydrogens (tertiary/aromatic N) is 1. The van der Waals surface area contributed by atoms with E-state index in [4.69, 9.17) is 0 Å². The van der Waals surface area contributed by atoms with Gasteiger partial charge in [0.25, 0.3) is 0 Å². The Morgan fingerprint density at radius 1 is 1.27 bits per heavy atom. The van der Waals surface area contributed by atoms with Crippen molar-refractivity contribution in [2.75, 3.05) is 7.05 Å². The molecule has 82 valence electrons. The van der Waals surface area contributed by atoms with E-state index in [0.29, 0.717) is 6.42 Å². The molecule has 0 saturated carbocycles. The average Bonchev–Trinajstić information content (AvgIpc) is 2.26. The van der Waals surface area contributed by atoms with Gasteiger partial charge in [0.15, 0.2) is 0 Å². The normalized spacial score (nSPS) is 10.4. The lowest BCUT2D eigenvalue weighted by Gasteiger charge is -2.21. The molecule has 0 spiro atoms. The highest BCUT2D eigenvalue weighted by atomic mass is 16.2. The predicted molar refractivity (Wildman–Crippen MR) is 62.7 cm³/mol. The highest BCUT2D eigenvalue weighted by Crippen LogP contribution is 2.05. The minimum absolute atomic E-state index is 0.217. The fourth-order valence-corrected chi connectivity index (χ4v) is 1.36. The third kappa shape index (κ3) is 3.74. The fraction of sp³-hybridized carbons (Fsp3) is 0.462. The van der Waals surface area contributed by atoms with Gasteiger partial charge >= 0.3 is 0 Å². The topological polar surface area (TPSA) is 20.3 Å². The van der Waals surface area contributed by atoms with Gasteiger partial charge in [-0.3, -0.25) is 4.79 Å². The summed E-state index contributed by atoms with van der Waals surface area (Å²) < 4.78 is 0. The van der Waals surface area contributed by atoms with Gasteiger partial charge in [-0.1, -0.05) is 30.3 Å². The maximum absolute atomic E-state index is 11.7. The smallest absolute Gasteiger partial charge is 0.222 e. The molecule has 0 unspecified atom stereocenters. The van der Waals surface area contributed by atoms with Gasteiger partial charge in [-0.15, -0.1) is 0 Å². The second-order valence-electron chi connectivity index (χ2n) is 4.08. The van der Waals surface area contributed by atoms with Gasteiger partial charge in [0.2, 0.25) is 5.91 Å². The van der Waals surface area contributed by atoms with Crippen LogP contribution in [0.3, 0.4) is 0 Å². The largest absolute Gasteiger partial charge is 0.343 e. The highest BCUT2D eigenvalue weighted by Gasteiger charge is 2.11. The van der Waals surface area contributed by atoms with Crippen molar-refractivity contribution < 1.29 is 4.79 Å². The summed E-state index contributed by atoms with van der Waals surface area (Å²) in [7, 11) is 1.86. The van der Waals surface area contributed by atoms with Gasteiger partial charge in [0.05, 0.1) is 0 Å². The zero-order valence-corrected chi connectivity index (χ0v) is 9.73. The Bertz CT molecular complexity index is 306. The summed E-state index contributed by atoms with van der Waals surface area (Å²) in [4.78, 5) is 13.5. The first-order valence-corrected chi connectivity index (χ1v) is 5.41. The Kier molecular flexibility index (Phi) is 4.35. The van der Waals surface area contributed by atoms with E-state index in [2.05, 4.69) is 12.1 Å². The van der Waals surface area contributed by atoms with Crippen LogP contribution in [-0.4, -0.2) is 23.9 Å². The number of carbonyl (C=O) groups excluding carboxylic acids is 1. The van der Waals surface area contributed by atoms with Crippen molar-refractivity contribution in [3.8, 4) is 0 Å². The quantitative estimate of drug-likeness (QED) is 0.739. The zero-order valence-electron chi connectivity index (χ0n) is 9.73. The summed E-state index contributed by atoms with van der Waals surface area (Å²) in [6, 6.07) is 10.4. The molecule has 0 bridgehead atoms. The predicted octanol–water partition coefficient (Wildman–Crippen LogP) is 2.49. The molecule has 0 atom stereocenters. The van der Waals surface area contributed by atoms with E-state index in [1.807, 2.05) is 39.1 Å². The molecule has 0 aliphatic heterocycles. The Hall–Kier alpha value is -1.31. The van der Waals surface area contributed by atoms with Crippen LogP contribution in [0.4, 0.5) is 0 Å². The summed E-state index contributed by atoms with van der Waals surface area (Å²) in [6.45, 7) is 4.06. The molecular weight excluding hydrogens is 186 g/mol. The number of aryl methyl sites for hydroxylation is 1. The van der Waals surface area contributed by atoms with E-state index in [0.717, 1.165) is 6.42 Å². The number of carbonyl (C=O) groups is 1. The molecule has 0 N–H and O–H groups in total. The Labute approximate surface area is 91.9 Å². The first-order valence-electron chi connectivity index (χ1n) is 5.41.